The molecule has 1 saturated heterocycles. The molecule has 4 atom stereocenters. The van der Waals surface area contributed by atoms with E-state index in [1.807, 2.05) is 44.2 Å². The van der Waals surface area contributed by atoms with Crippen molar-refractivity contribution >= 4 is 34.8 Å². The molecule has 3 N–H and O–H groups in total. The Hall–Kier alpha value is -3.94. The minimum Gasteiger partial charge on any atom is -0.377 e. The summed E-state index contributed by atoms with van der Waals surface area (Å²) in [5.74, 6) is -1.47. The Morgan fingerprint density at radius 1 is 1.02 bits per heavy atom. The van der Waals surface area contributed by atoms with Crippen LogP contribution in [-0.2, 0) is 43.3 Å². The first-order chi connectivity index (χ1) is 20.6. The van der Waals surface area contributed by atoms with E-state index < -0.39 is 41.4 Å². The first-order valence-corrected chi connectivity index (χ1v) is 15.0. The van der Waals surface area contributed by atoms with Crippen LogP contribution < -0.4 is 16.0 Å². The third-order valence-electron chi connectivity index (χ3n) is 6.95. The van der Waals surface area contributed by atoms with E-state index in [0.29, 0.717) is 24.5 Å². The molecular formula is C30H37N5O7S. The quantitative estimate of drug-likeness (QED) is 0.206. The molecule has 3 amide bonds. The van der Waals surface area contributed by atoms with E-state index in [0.717, 1.165) is 5.56 Å². The Labute approximate surface area is 253 Å². The predicted molar refractivity (Wildman–Crippen MR) is 157 cm³/mol. The largest absolute Gasteiger partial charge is 0.377 e. The summed E-state index contributed by atoms with van der Waals surface area (Å²) >= 11 is 1.36. The number of carbonyl (C=O) groups is 4. The van der Waals surface area contributed by atoms with Crippen molar-refractivity contribution in [2.75, 3.05) is 13.7 Å². The number of Topliss-reactive ketones (excluding diaryl/α,β-unsaturated/α-hetero) is 1. The number of hydrogen-bond donors (Lipinski definition) is 3. The Bertz CT molecular complexity index is 1390. The van der Waals surface area contributed by atoms with Crippen molar-refractivity contribution in [3.8, 4) is 0 Å². The molecule has 0 saturated carbocycles. The molecule has 0 spiro atoms. The maximum absolute atomic E-state index is 13.7. The molecule has 1 aromatic carbocycles. The predicted octanol–water partition coefficient (Wildman–Crippen LogP) is 2.24. The molecule has 0 bridgehead atoms. The van der Waals surface area contributed by atoms with Gasteiger partial charge in [0, 0.05) is 31.4 Å². The first kappa shape index (κ1) is 32.0. The number of rotatable bonds is 16. The highest BCUT2D eigenvalue weighted by molar-refractivity contribution is 7.07. The van der Waals surface area contributed by atoms with Crippen molar-refractivity contribution in [2.45, 2.75) is 70.4 Å². The molecular weight excluding hydrogens is 574 g/mol. The van der Waals surface area contributed by atoms with Crippen LogP contribution in [-0.4, -0.2) is 71.1 Å². The number of amides is 3. The van der Waals surface area contributed by atoms with E-state index in [4.69, 9.17) is 14.0 Å². The molecule has 2 unspecified atom stereocenters. The average Bonchev–Trinajstić information content (AvgIpc) is 3.32. The number of nitrogens with zero attached hydrogens (tertiary/aromatic N) is 2. The number of ether oxygens (including phenoxy) is 2. The second-order valence-electron chi connectivity index (χ2n) is 11.1. The van der Waals surface area contributed by atoms with Crippen molar-refractivity contribution in [3.63, 3.8) is 0 Å². The summed E-state index contributed by atoms with van der Waals surface area (Å²) in [6.07, 6.45) is 0.657. The fourth-order valence-corrected chi connectivity index (χ4v) is 5.12. The molecule has 13 heteroatoms. The van der Waals surface area contributed by atoms with Crippen molar-refractivity contribution < 1.29 is 33.2 Å². The van der Waals surface area contributed by atoms with Crippen molar-refractivity contribution in [1.29, 1.82) is 0 Å². The van der Waals surface area contributed by atoms with Gasteiger partial charge < -0.3 is 29.9 Å². The Morgan fingerprint density at radius 2 is 1.70 bits per heavy atom. The zero-order chi connectivity index (χ0) is 31.0. The van der Waals surface area contributed by atoms with Crippen LogP contribution in [0.4, 0.5) is 0 Å². The normalized spacial score (nSPS) is 18.0. The van der Waals surface area contributed by atoms with Crippen LogP contribution >= 0.6 is 11.3 Å². The summed E-state index contributed by atoms with van der Waals surface area (Å²) in [6.45, 7) is 6.06. The Kier molecular flexibility index (Phi) is 10.8. The average molecular weight is 612 g/mol. The fraction of sp³-hybridized carbons (Fsp3) is 0.467. The summed E-state index contributed by atoms with van der Waals surface area (Å²) in [5.41, 5.74) is 2.09. The maximum Gasteiger partial charge on any atom is 0.274 e. The zero-order valence-electron chi connectivity index (χ0n) is 24.6. The van der Waals surface area contributed by atoms with E-state index in [-0.39, 0.29) is 36.8 Å². The molecule has 1 aliphatic heterocycles. The lowest BCUT2D eigenvalue weighted by Gasteiger charge is -2.26. The number of ketones is 1. The van der Waals surface area contributed by atoms with Crippen molar-refractivity contribution in [3.05, 3.63) is 70.0 Å². The highest BCUT2D eigenvalue weighted by atomic mass is 32.1. The van der Waals surface area contributed by atoms with Gasteiger partial charge in [-0.1, -0.05) is 49.3 Å². The Balaban J connectivity index is 1.54. The van der Waals surface area contributed by atoms with Crippen LogP contribution in [0.1, 0.15) is 54.7 Å². The van der Waals surface area contributed by atoms with Gasteiger partial charge in [-0.2, -0.15) is 0 Å². The summed E-state index contributed by atoms with van der Waals surface area (Å²) in [5, 5.41) is 13.9. The summed E-state index contributed by atoms with van der Waals surface area (Å²) in [7, 11) is 1.49. The molecule has 1 fully saturated rings. The summed E-state index contributed by atoms with van der Waals surface area (Å²) < 4.78 is 15.5. The number of carbonyl (C=O) groups excluding carboxylic acids is 4. The number of benzene rings is 1. The molecule has 3 aromatic rings. The first-order valence-electron chi connectivity index (χ1n) is 14.0. The molecule has 4 rings (SSSR count). The smallest absolute Gasteiger partial charge is 0.274 e. The SMILES string of the molecule is COCc1cc(C(=O)NC(Cc2cscn2)C(=O)N[C@@H](Cc2ccccc2)C(=O)NC(CC(C)C)C(=O)[C@@]2(C)CO2)no1. The Morgan fingerprint density at radius 3 is 2.30 bits per heavy atom. The minimum absolute atomic E-state index is 0.0208. The van der Waals surface area contributed by atoms with Gasteiger partial charge in [-0.15, -0.1) is 11.3 Å². The van der Waals surface area contributed by atoms with Gasteiger partial charge >= 0.3 is 0 Å². The highest BCUT2D eigenvalue weighted by Gasteiger charge is 2.50. The van der Waals surface area contributed by atoms with Gasteiger partial charge in [-0.05, 0) is 24.8 Å². The highest BCUT2D eigenvalue weighted by Crippen LogP contribution is 2.29. The lowest BCUT2D eigenvalue weighted by atomic mass is 9.93. The molecule has 0 aliphatic carbocycles. The van der Waals surface area contributed by atoms with Gasteiger partial charge in [-0.25, -0.2) is 4.98 Å². The third-order valence-corrected chi connectivity index (χ3v) is 7.59. The van der Waals surface area contributed by atoms with Crippen molar-refractivity contribution in [2.24, 2.45) is 5.92 Å². The van der Waals surface area contributed by atoms with Gasteiger partial charge in [0.1, 0.15) is 24.3 Å². The van der Waals surface area contributed by atoms with Gasteiger partial charge in [0.25, 0.3) is 5.91 Å². The van der Waals surface area contributed by atoms with Gasteiger partial charge in [0.2, 0.25) is 11.8 Å². The van der Waals surface area contributed by atoms with Crippen LogP contribution in [0.2, 0.25) is 0 Å². The molecule has 1 aliphatic rings. The standard InChI is InChI=1S/C30H37N5O7S/c1-18(2)10-22(26(36)30(3)16-41-30)32-27(37)23(11-19-8-6-5-7-9-19)33-28(38)24(12-20-15-43-17-31-20)34-29(39)25-13-21(14-40-4)42-35-25/h5-9,13,15,17-18,22-24H,10-12,14,16H2,1-4H3,(H,32,37)(H,33,38)(H,34,39)/t22?,23-,24?,30+/m0/s1. The molecule has 43 heavy (non-hydrogen) atoms. The van der Waals surface area contributed by atoms with Crippen LogP contribution in [0.3, 0.4) is 0 Å². The molecule has 3 heterocycles. The van der Waals surface area contributed by atoms with Gasteiger partial charge in [0.15, 0.2) is 17.2 Å². The van der Waals surface area contributed by atoms with Crippen molar-refractivity contribution in [1.82, 2.24) is 26.1 Å². The van der Waals surface area contributed by atoms with Gasteiger partial charge in [-0.3, -0.25) is 19.2 Å². The van der Waals surface area contributed by atoms with E-state index in [2.05, 4.69) is 26.1 Å². The van der Waals surface area contributed by atoms with Crippen LogP contribution in [0.5, 0.6) is 0 Å². The molecule has 0 radical (unpaired) electrons. The van der Waals surface area contributed by atoms with Crippen LogP contribution in [0.25, 0.3) is 0 Å². The molecule has 2 aromatic heterocycles. The third kappa shape index (κ3) is 9.02. The van der Waals surface area contributed by atoms with Gasteiger partial charge in [0.05, 0.1) is 23.9 Å². The topological polar surface area (TPSA) is 165 Å². The van der Waals surface area contributed by atoms with E-state index in [1.165, 1.54) is 24.5 Å². The molecule has 230 valence electrons. The summed E-state index contributed by atoms with van der Waals surface area (Å²) in [4.78, 5) is 57.9. The lowest BCUT2D eigenvalue weighted by Crippen LogP contribution is -2.57. The maximum atomic E-state index is 13.7. The number of aromatic nitrogens is 2. The number of thiazole rings is 1. The monoisotopic (exact) mass is 611 g/mol. The van der Waals surface area contributed by atoms with E-state index in [9.17, 15) is 19.2 Å². The van der Waals surface area contributed by atoms with Crippen LogP contribution in [0, 0.1) is 5.92 Å². The lowest BCUT2D eigenvalue weighted by molar-refractivity contribution is -0.133. The van der Waals surface area contributed by atoms with E-state index >= 15 is 0 Å². The van der Waals surface area contributed by atoms with Crippen LogP contribution in [0.15, 0.2) is 51.8 Å². The number of hydrogen-bond acceptors (Lipinski definition) is 10. The summed E-state index contributed by atoms with van der Waals surface area (Å²) in [6, 6.07) is 7.74. The second-order valence-corrected chi connectivity index (χ2v) is 11.9. The second kappa shape index (κ2) is 14.5. The minimum atomic E-state index is -1.09. The fourth-order valence-electron chi connectivity index (χ4n) is 4.54. The van der Waals surface area contributed by atoms with E-state index in [1.54, 1.807) is 17.8 Å². The zero-order valence-corrected chi connectivity index (χ0v) is 25.4. The number of nitrogens with one attached hydrogen (secondary N) is 3. The molecule has 12 nitrogen and oxygen atoms in total. The number of methoxy groups -OCH3 is 1. The number of epoxide rings is 1.